The van der Waals surface area contributed by atoms with Crippen molar-refractivity contribution in [3.05, 3.63) is 90.6 Å². The minimum absolute atomic E-state index is 0.0595. The molecular weight excluding hydrogens is 490 g/mol. The highest BCUT2D eigenvalue weighted by molar-refractivity contribution is 5.87. The van der Waals surface area contributed by atoms with Gasteiger partial charge in [0.05, 0.1) is 23.5 Å². The van der Waals surface area contributed by atoms with E-state index in [0.717, 1.165) is 39.2 Å². The van der Waals surface area contributed by atoms with Crippen LogP contribution in [-0.4, -0.2) is 61.4 Å². The molecule has 1 aromatic carbocycles. The molecule has 0 unspecified atom stereocenters. The second-order valence-electron chi connectivity index (χ2n) is 9.61. The van der Waals surface area contributed by atoms with E-state index in [0.29, 0.717) is 31.7 Å². The van der Waals surface area contributed by atoms with Crippen LogP contribution in [0.15, 0.2) is 79.5 Å². The Kier molecular flexibility index (Phi) is 6.26. The van der Waals surface area contributed by atoms with Gasteiger partial charge in [-0.15, -0.1) is 0 Å². The molecule has 0 bridgehead atoms. The SMILES string of the molecule is Cn1cc(-c2cc(-c3ccc(N4CCN(C(=O)[C@H](N)c5ccccc5)CC4)nc3)c3c(C#N)cnn3c2)cn1. The molecule has 0 spiro atoms. The predicted octanol–water partition coefficient (Wildman–Crippen LogP) is 3.02. The molecule has 1 fully saturated rings. The van der Waals surface area contributed by atoms with E-state index in [4.69, 9.17) is 10.7 Å². The Morgan fingerprint density at radius 2 is 1.74 bits per heavy atom. The van der Waals surface area contributed by atoms with Gasteiger partial charge in [0.15, 0.2) is 0 Å². The van der Waals surface area contributed by atoms with Crippen molar-refractivity contribution in [1.29, 1.82) is 5.26 Å². The van der Waals surface area contributed by atoms with Crippen LogP contribution < -0.4 is 10.6 Å². The van der Waals surface area contributed by atoms with E-state index in [1.165, 1.54) is 0 Å². The van der Waals surface area contributed by atoms with Crippen molar-refractivity contribution in [2.45, 2.75) is 6.04 Å². The van der Waals surface area contributed by atoms with Crippen LogP contribution in [0, 0.1) is 11.3 Å². The minimum atomic E-state index is -0.656. The summed E-state index contributed by atoms with van der Waals surface area (Å²) in [6.45, 7) is 2.50. The first-order chi connectivity index (χ1) is 19.0. The molecule has 6 rings (SSSR count). The van der Waals surface area contributed by atoms with Crippen LogP contribution in [0.25, 0.3) is 27.8 Å². The largest absolute Gasteiger partial charge is 0.353 e. The minimum Gasteiger partial charge on any atom is -0.353 e. The molecule has 10 nitrogen and oxygen atoms in total. The third-order valence-electron chi connectivity index (χ3n) is 7.17. The number of nitrogens with two attached hydrogens (primary N) is 1. The predicted molar refractivity (Wildman–Crippen MR) is 148 cm³/mol. The third-order valence-corrected chi connectivity index (χ3v) is 7.17. The van der Waals surface area contributed by atoms with E-state index in [9.17, 15) is 10.1 Å². The number of hydrogen-bond donors (Lipinski definition) is 1. The Hall–Kier alpha value is -5.01. The summed E-state index contributed by atoms with van der Waals surface area (Å²) in [6, 6.07) is 17.1. The third kappa shape index (κ3) is 4.60. The fraction of sp³-hybridized carbons (Fsp3) is 0.207. The monoisotopic (exact) mass is 517 g/mol. The summed E-state index contributed by atoms with van der Waals surface area (Å²) in [5.74, 6) is 0.780. The van der Waals surface area contributed by atoms with Gasteiger partial charge in [0, 0.05) is 74.1 Å². The number of pyridine rings is 2. The van der Waals surface area contributed by atoms with Crippen molar-refractivity contribution < 1.29 is 4.79 Å². The fourth-order valence-electron chi connectivity index (χ4n) is 5.04. The second kappa shape index (κ2) is 10.0. The molecule has 1 aliphatic rings. The fourth-order valence-corrected chi connectivity index (χ4v) is 5.04. The molecule has 10 heteroatoms. The lowest BCUT2D eigenvalue weighted by Gasteiger charge is -2.36. The molecule has 1 aliphatic heterocycles. The summed E-state index contributed by atoms with van der Waals surface area (Å²) in [5, 5.41) is 18.4. The van der Waals surface area contributed by atoms with Crippen LogP contribution in [0.4, 0.5) is 5.82 Å². The van der Waals surface area contributed by atoms with Gasteiger partial charge >= 0.3 is 0 Å². The van der Waals surface area contributed by atoms with Crippen LogP contribution in [0.1, 0.15) is 17.2 Å². The quantitative estimate of drug-likeness (QED) is 0.380. The van der Waals surface area contributed by atoms with Crippen molar-refractivity contribution in [1.82, 2.24) is 29.3 Å². The maximum absolute atomic E-state index is 12.9. The van der Waals surface area contributed by atoms with Gasteiger partial charge in [0.25, 0.3) is 0 Å². The van der Waals surface area contributed by atoms with E-state index < -0.39 is 6.04 Å². The molecule has 1 amide bonds. The topological polar surface area (TPSA) is 121 Å². The maximum atomic E-state index is 12.9. The van der Waals surface area contributed by atoms with Crippen molar-refractivity contribution in [3.63, 3.8) is 0 Å². The van der Waals surface area contributed by atoms with Gasteiger partial charge < -0.3 is 15.5 Å². The zero-order valence-electron chi connectivity index (χ0n) is 21.5. The van der Waals surface area contributed by atoms with E-state index in [1.807, 2.05) is 79.1 Å². The lowest BCUT2D eigenvalue weighted by Crippen LogP contribution is -2.51. The zero-order valence-corrected chi connectivity index (χ0v) is 21.5. The number of carbonyl (C=O) groups is 1. The first-order valence-corrected chi connectivity index (χ1v) is 12.7. The molecule has 194 valence electrons. The van der Waals surface area contributed by atoms with Gasteiger partial charge in [0.2, 0.25) is 5.91 Å². The highest BCUT2D eigenvalue weighted by Gasteiger charge is 2.26. The number of aromatic nitrogens is 5. The summed E-state index contributed by atoms with van der Waals surface area (Å²) >= 11 is 0. The lowest BCUT2D eigenvalue weighted by atomic mass is 10.0. The second-order valence-corrected chi connectivity index (χ2v) is 9.61. The first kappa shape index (κ1) is 24.3. The molecule has 0 saturated carbocycles. The van der Waals surface area contributed by atoms with Crippen LogP contribution in [0.3, 0.4) is 0 Å². The van der Waals surface area contributed by atoms with Gasteiger partial charge in [-0.05, 0) is 23.8 Å². The van der Waals surface area contributed by atoms with Gasteiger partial charge in [-0.25, -0.2) is 9.50 Å². The summed E-state index contributed by atoms with van der Waals surface area (Å²) in [5.41, 5.74) is 12.0. The summed E-state index contributed by atoms with van der Waals surface area (Å²) in [7, 11) is 1.88. The van der Waals surface area contributed by atoms with Gasteiger partial charge in [-0.3, -0.25) is 9.48 Å². The number of aryl methyl sites for hydroxylation is 1. The molecular formula is C29H27N9O. The smallest absolute Gasteiger partial charge is 0.244 e. The average Bonchev–Trinajstić information content (AvgIpc) is 3.62. The van der Waals surface area contributed by atoms with Crippen LogP contribution in [0.2, 0.25) is 0 Å². The van der Waals surface area contributed by atoms with Crippen LogP contribution >= 0.6 is 0 Å². The van der Waals surface area contributed by atoms with Crippen LogP contribution in [-0.2, 0) is 11.8 Å². The summed E-state index contributed by atoms with van der Waals surface area (Å²) in [6.07, 6.45) is 9.06. The number of benzene rings is 1. The Morgan fingerprint density at radius 1 is 0.949 bits per heavy atom. The average molecular weight is 518 g/mol. The Bertz CT molecular complexity index is 1670. The molecule has 5 aromatic rings. The van der Waals surface area contributed by atoms with Crippen molar-refractivity contribution in [3.8, 4) is 28.3 Å². The Labute approximate surface area is 225 Å². The van der Waals surface area contributed by atoms with E-state index in [-0.39, 0.29) is 5.91 Å². The standard InChI is InChI=1S/C29H27N9O/c1-35-18-24(17-33-35)22-13-25(28-23(14-30)16-34-38(28)19-22)21-7-8-26(32-15-21)36-9-11-37(12-10-36)29(39)27(31)20-5-3-2-4-6-20/h2-8,13,15-19,27H,9-12,31H2,1H3/t27-/m1/s1. The molecule has 1 saturated heterocycles. The zero-order chi connectivity index (χ0) is 26.9. The van der Waals surface area contributed by atoms with E-state index >= 15 is 0 Å². The first-order valence-electron chi connectivity index (χ1n) is 12.7. The Balaban J connectivity index is 1.22. The summed E-state index contributed by atoms with van der Waals surface area (Å²) < 4.78 is 3.49. The Morgan fingerprint density at radius 3 is 2.41 bits per heavy atom. The molecule has 5 heterocycles. The highest BCUT2D eigenvalue weighted by Crippen LogP contribution is 2.32. The number of rotatable bonds is 5. The number of nitrogens with zero attached hydrogens (tertiary/aromatic N) is 8. The number of piperazine rings is 1. The summed E-state index contributed by atoms with van der Waals surface area (Å²) in [4.78, 5) is 21.7. The molecule has 0 radical (unpaired) electrons. The van der Waals surface area contributed by atoms with Crippen molar-refractivity contribution in [2.24, 2.45) is 12.8 Å². The van der Waals surface area contributed by atoms with Crippen molar-refractivity contribution >= 4 is 17.2 Å². The lowest BCUT2D eigenvalue weighted by molar-refractivity contribution is -0.133. The molecule has 0 aliphatic carbocycles. The van der Waals surface area contributed by atoms with Gasteiger partial charge in [-0.1, -0.05) is 30.3 Å². The van der Waals surface area contributed by atoms with E-state index in [2.05, 4.69) is 21.2 Å². The highest BCUT2D eigenvalue weighted by atomic mass is 16.2. The molecule has 2 N–H and O–H groups in total. The van der Waals surface area contributed by atoms with Gasteiger partial charge in [0.1, 0.15) is 17.9 Å². The molecule has 39 heavy (non-hydrogen) atoms. The van der Waals surface area contributed by atoms with Crippen molar-refractivity contribution in [2.75, 3.05) is 31.1 Å². The van der Waals surface area contributed by atoms with E-state index in [1.54, 1.807) is 21.6 Å². The number of fused-ring (bicyclic) bond motifs is 1. The number of hydrogen-bond acceptors (Lipinski definition) is 7. The maximum Gasteiger partial charge on any atom is 0.244 e. The normalized spacial score (nSPS) is 14.4. The number of anilines is 1. The number of nitriles is 1. The number of amides is 1. The van der Waals surface area contributed by atoms with Gasteiger partial charge in [-0.2, -0.15) is 15.5 Å². The molecule has 4 aromatic heterocycles. The molecule has 1 atom stereocenters. The number of carbonyl (C=O) groups excluding carboxylic acids is 1. The van der Waals surface area contributed by atoms with Crippen LogP contribution in [0.5, 0.6) is 0 Å².